The van der Waals surface area contributed by atoms with Crippen molar-refractivity contribution < 1.29 is 19.3 Å². The van der Waals surface area contributed by atoms with E-state index < -0.39 is 5.91 Å². The topological polar surface area (TPSA) is 97.8 Å². The molecule has 1 amide bonds. The first-order valence-corrected chi connectivity index (χ1v) is 8.48. The highest BCUT2D eigenvalue weighted by molar-refractivity contribution is 9.10. The van der Waals surface area contributed by atoms with Crippen LogP contribution in [0.2, 0.25) is 0 Å². The van der Waals surface area contributed by atoms with Crippen LogP contribution in [0.3, 0.4) is 0 Å². The lowest BCUT2D eigenvalue weighted by atomic mass is 10.1. The predicted octanol–water partition coefficient (Wildman–Crippen LogP) is 2.12. The summed E-state index contributed by atoms with van der Waals surface area (Å²) < 4.78 is 11.5. The lowest BCUT2D eigenvalue weighted by molar-refractivity contribution is -0.403. The maximum Gasteiger partial charge on any atom is 0.385 e. The molecule has 0 saturated heterocycles. The standard InChI is InChI=1S/C18H17BrN4O3/c1-12-6-14(10-25-2)16(8-20)18(22-12)26-11-17(24)23-21-9-13-4-3-5-15(19)7-13/h3-7,9H,10-11H2,1-2H3,(H,23,24)/p+1. The van der Waals surface area contributed by atoms with Crippen LogP contribution in [0.1, 0.15) is 22.4 Å². The number of ether oxygens (including phenoxy) is 2. The van der Waals surface area contributed by atoms with Gasteiger partial charge in [-0.2, -0.15) is 15.3 Å². The molecule has 0 radical (unpaired) electrons. The fraction of sp³-hybridized carbons (Fsp3) is 0.222. The summed E-state index contributed by atoms with van der Waals surface area (Å²) in [6.07, 6.45) is 1.53. The molecule has 0 aliphatic carbocycles. The predicted molar refractivity (Wildman–Crippen MR) is 98.5 cm³/mol. The van der Waals surface area contributed by atoms with E-state index in [4.69, 9.17) is 9.47 Å². The maximum atomic E-state index is 11.9. The number of carbonyl (C=O) groups excluding carboxylic acids is 1. The van der Waals surface area contributed by atoms with Gasteiger partial charge in [0, 0.05) is 30.1 Å². The monoisotopic (exact) mass is 417 g/mol. The van der Waals surface area contributed by atoms with E-state index in [2.05, 4.69) is 37.5 Å². The Hall–Kier alpha value is -2.76. The zero-order valence-corrected chi connectivity index (χ0v) is 16.0. The summed E-state index contributed by atoms with van der Waals surface area (Å²) in [5, 5.41) is 13.2. The minimum Gasteiger partial charge on any atom is -0.433 e. The van der Waals surface area contributed by atoms with Crippen LogP contribution in [0.5, 0.6) is 5.88 Å². The van der Waals surface area contributed by atoms with Crippen molar-refractivity contribution in [2.75, 3.05) is 13.7 Å². The first-order valence-electron chi connectivity index (χ1n) is 7.68. The zero-order chi connectivity index (χ0) is 18.9. The quantitative estimate of drug-likeness (QED) is 0.550. The normalized spacial score (nSPS) is 10.5. The third kappa shape index (κ3) is 5.65. The number of nitrogens with one attached hydrogen (secondary N) is 2. The van der Waals surface area contributed by atoms with Gasteiger partial charge in [0.05, 0.1) is 12.8 Å². The van der Waals surface area contributed by atoms with Crippen molar-refractivity contribution in [2.24, 2.45) is 5.10 Å². The Kier molecular flexibility index (Phi) is 7.26. The Bertz CT molecular complexity index is 862. The van der Waals surface area contributed by atoms with Crippen molar-refractivity contribution in [3.8, 4) is 11.9 Å². The molecule has 8 heteroatoms. The molecule has 2 aromatic rings. The average Bonchev–Trinajstić information content (AvgIpc) is 2.60. The molecule has 0 saturated carbocycles. The number of methoxy groups -OCH3 is 1. The van der Waals surface area contributed by atoms with Gasteiger partial charge in [-0.25, -0.2) is 5.43 Å². The SMILES string of the molecule is COCc1cc(C)[nH+]c(OCC(=O)NN=Cc2cccc(Br)c2)c1C#N. The van der Waals surface area contributed by atoms with Crippen molar-refractivity contribution >= 4 is 28.1 Å². The number of aromatic nitrogens is 1. The van der Waals surface area contributed by atoms with Crippen molar-refractivity contribution in [1.29, 1.82) is 5.26 Å². The first-order chi connectivity index (χ1) is 12.5. The van der Waals surface area contributed by atoms with Gasteiger partial charge in [0.2, 0.25) is 0 Å². The number of pyridine rings is 1. The molecule has 0 aliphatic heterocycles. The van der Waals surface area contributed by atoms with Gasteiger partial charge >= 0.3 is 5.88 Å². The van der Waals surface area contributed by atoms with Crippen LogP contribution in [0, 0.1) is 18.3 Å². The smallest absolute Gasteiger partial charge is 0.385 e. The van der Waals surface area contributed by atoms with Crippen LogP contribution in [-0.4, -0.2) is 25.8 Å². The van der Waals surface area contributed by atoms with E-state index >= 15 is 0 Å². The second-order valence-corrected chi connectivity index (χ2v) is 6.28. The van der Waals surface area contributed by atoms with Gasteiger partial charge in [0.15, 0.2) is 17.9 Å². The number of aromatic amines is 1. The van der Waals surface area contributed by atoms with Crippen LogP contribution in [0.4, 0.5) is 0 Å². The van der Waals surface area contributed by atoms with Crippen molar-refractivity contribution in [3.63, 3.8) is 0 Å². The van der Waals surface area contributed by atoms with Crippen molar-refractivity contribution in [3.05, 3.63) is 57.2 Å². The number of hydrogen-bond acceptors (Lipinski definition) is 5. The highest BCUT2D eigenvalue weighted by Gasteiger charge is 2.19. The Morgan fingerprint density at radius 2 is 2.27 bits per heavy atom. The van der Waals surface area contributed by atoms with E-state index in [-0.39, 0.29) is 19.1 Å². The Morgan fingerprint density at radius 1 is 1.46 bits per heavy atom. The van der Waals surface area contributed by atoms with Gasteiger partial charge in [-0.05, 0) is 17.7 Å². The molecule has 1 heterocycles. The molecule has 0 unspecified atom stereocenters. The summed E-state index contributed by atoms with van der Waals surface area (Å²) in [6, 6.07) is 11.4. The number of rotatable bonds is 7. The van der Waals surface area contributed by atoms with Crippen LogP contribution in [0.25, 0.3) is 0 Å². The van der Waals surface area contributed by atoms with Gasteiger partial charge in [0.1, 0.15) is 6.07 Å². The van der Waals surface area contributed by atoms with Gasteiger partial charge < -0.3 is 9.47 Å². The Balaban J connectivity index is 1.98. The summed E-state index contributed by atoms with van der Waals surface area (Å²) in [6.45, 7) is 1.82. The summed E-state index contributed by atoms with van der Waals surface area (Å²) in [5.41, 5.74) is 5.01. The lowest BCUT2D eigenvalue weighted by Crippen LogP contribution is -2.27. The summed E-state index contributed by atoms with van der Waals surface area (Å²) in [5.74, 6) is -0.214. The minimum absolute atomic E-state index is 0.227. The molecule has 0 atom stereocenters. The molecular formula is C18H18BrN4O3+. The highest BCUT2D eigenvalue weighted by Crippen LogP contribution is 2.18. The van der Waals surface area contributed by atoms with E-state index in [1.54, 1.807) is 13.2 Å². The molecule has 0 aliphatic rings. The molecule has 0 spiro atoms. The summed E-state index contributed by atoms with van der Waals surface area (Å²) >= 11 is 3.36. The fourth-order valence-electron chi connectivity index (χ4n) is 2.19. The third-order valence-corrected chi connectivity index (χ3v) is 3.75. The number of aryl methyl sites for hydroxylation is 1. The third-order valence-electron chi connectivity index (χ3n) is 3.26. The van der Waals surface area contributed by atoms with Crippen LogP contribution < -0.4 is 15.1 Å². The molecule has 26 heavy (non-hydrogen) atoms. The highest BCUT2D eigenvalue weighted by atomic mass is 79.9. The maximum absolute atomic E-state index is 11.9. The zero-order valence-electron chi connectivity index (χ0n) is 14.4. The number of hydrogen-bond donors (Lipinski definition) is 1. The van der Waals surface area contributed by atoms with Crippen LogP contribution in [-0.2, 0) is 16.1 Å². The molecule has 134 valence electrons. The molecule has 0 fully saturated rings. The van der Waals surface area contributed by atoms with Crippen LogP contribution >= 0.6 is 15.9 Å². The Morgan fingerprint density at radius 3 is 2.96 bits per heavy atom. The molecule has 0 bridgehead atoms. The van der Waals surface area contributed by atoms with Gasteiger partial charge in [-0.15, -0.1) is 0 Å². The number of H-pyrrole nitrogens is 1. The number of nitriles is 1. The van der Waals surface area contributed by atoms with Gasteiger partial charge in [-0.1, -0.05) is 28.1 Å². The van der Waals surface area contributed by atoms with Gasteiger partial charge in [0.25, 0.3) is 5.91 Å². The lowest BCUT2D eigenvalue weighted by Gasteiger charge is -2.06. The molecular weight excluding hydrogens is 400 g/mol. The van der Waals surface area contributed by atoms with E-state index in [1.807, 2.05) is 31.2 Å². The molecule has 7 nitrogen and oxygen atoms in total. The van der Waals surface area contributed by atoms with Crippen LogP contribution in [0.15, 0.2) is 39.9 Å². The molecule has 2 N–H and O–H groups in total. The number of nitrogens with zero attached hydrogens (tertiary/aromatic N) is 2. The Labute approximate surface area is 159 Å². The second-order valence-electron chi connectivity index (χ2n) is 5.36. The van der Waals surface area contributed by atoms with E-state index in [0.29, 0.717) is 11.1 Å². The molecule has 1 aromatic carbocycles. The fourth-order valence-corrected chi connectivity index (χ4v) is 2.61. The first kappa shape index (κ1) is 19.6. The number of hydrazone groups is 1. The second kappa shape index (κ2) is 9.65. The van der Waals surface area contributed by atoms with Gasteiger partial charge in [-0.3, -0.25) is 4.79 Å². The van der Waals surface area contributed by atoms with Crippen molar-refractivity contribution in [1.82, 2.24) is 5.43 Å². The number of amides is 1. The molecule has 1 aromatic heterocycles. The van der Waals surface area contributed by atoms with E-state index in [0.717, 1.165) is 15.7 Å². The number of halogens is 1. The van der Waals surface area contributed by atoms with Crippen molar-refractivity contribution in [2.45, 2.75) is 13.5 Å². The number of carbonyl (C=O) groups is 1. The number of benzene rings is 1. The average molecular weight is 418 g/mol. The largest absolute Gasteiger partial charge is 0.433 e. The van der Waals surface area contributed by atoms with E-state index in [9.17, 15) is 10.1 Å². The summed E-state index contributed by atoms with van der Waals surface area (Å²) in [7, 11) is 1.55. The molecule has 2 rings (SSSR count). The summed E-state index contributed by atoms with van der Waals surface area (Å²) in [4.78, 5) is 14.8. The minimum atomic E-state index is -0.441. The van der Waals surface area contributed by atoms with E-state index in [1.165, 1.54) is 6.21 Å².